The smallest absolute Gasteiger partial charge is 0.257 e. The number of nitrogens with zero attached hydrogens (tertiary/aromatic N) is 4. The van der Waals surface area contributed by atoms with Crippen molar-refractivity contribution in [3.63, 3.8) is 0 Å². The van der Waals surface area contributed by atoms with Crippen LogP contribution in [0.3, 0.4) is 0 Å². The average Bonchev–Trinajstić information content (AvgIpc) is 2.69. The normalized spacial score (nSPS) is 15.2. The van der Waals surface area contributed by atoms with E-state index in [1.165, 1.54) is 5.56 Å². The second kappa shape index (κ2) is 8.48. The zero-order valence-electron chi connectivity index (χ0n) is 16.7. The summed E-state index contributed by atoms with van der Waals surface area (Å²) in [6, 6.07) is 6.26. The molecule has 0 spiro atoms. The van der Waals surface area contributed by atoms with E-state index in [2.05, 4.69) is 66.1 Å². The van der Waals surface area contributed by atoms with Gasteiger partial charge in [-0.05, 0) is 30.5 Å². The maximum atomic E-state index is 12.7. The molecule has 1 aromatic carbocycles. The van der Waals surface area contributed by atoms with Crippen molar-refractivity contribution in [2.45, 2.75) is 33.6 Å². The van der Waals surface area contributed by atoms with E-state index in [0.717, 1.165) is 44.0 Å². The standard InChI is InChI=1S/C21H29N5O/c1-5-25-9-11-26(12-10-25)20(27)17-13-22-21(23-14-17)24-19-16(4)7-6-8-18(19)15(2)3/h6-8,13-15H,5,9-12H2,1-4H3,(H,22,23,24). The molecule has 1 aliphatic rings. The highest BCUT2D eigenvalue weighted by molar-refractivity contribution is 5.93. The summed E-state index contributed by atoms with van der Waals surface area (Å²) in [5.74, 6) is 0.921. The van der Waals surface area contributed by atoms with Gasteiger partial charge in [0, 0.05) is 44.3 Å². The van der Waals surface area contributed by atoms with Gasteiger partial charge >= 0.3 is 0 Å². The number of aromatic nitrogens is 2. The number of benzene rings is 1. The Morgan fingerprint density at radius 2 is 1.81 bits per heavy atom. The molecule has 6 heteroatoms. The molecular formula is C21H29N5O. The number of amides is 1. The molecule has 0 saturated carbocycles. The summed E-state index contributed by atoms with van der Waals surface area (Å²) in [5, 5.41) is 3.33. The highest BCUT2D eigenvalue weighted by Crippen LogP contribution is 2.29. The number of carbonyl (C=O) groups excluding carboxylic acids is 1. The highest BCUT2D eigenvalue weighted by atomic mass is 16.2. The predicted molar refractivity (Wildman–Crippen MR) is 109 cm³/mol. The number of anilines is 2. The molecule has 0 unspecified atom stereocenters. The molecular weight excluding hydrogens is 338 g/mol. The number of hydrogen-bond donors (Lipinski definition) is 1. The summed E-state index contributed by atoms with van der Waals surface area (Å²) in [7, 11) is 0. The van der Waals surface area contributed by atoms with Crippen molar-refractivity contribution in [3.8, 4) is 0 Å². The lowest BCUT2D eigenvalue weighted by atomic mass is 9.98. The van der Waals surface area contributed by atoms with Gasteiger partial charge in [-0.15, -0.1) is 0 Å². The fourth-order valence-electron chi connectivity index (χ4n) is 3.41. The molecule has 1 N–H and O–H groups in total. The lowest BCUT2D eigenvalue weighted by molar-refractivity contribution is 0.0642. The number of likely N-dealkylation sites (N-methyl/N-ethyl adjacent to an activating group) is 1. The molecule has 0 aliphatic carbocycles. The van der Waals surface area contributed by atoms with Gasteiger partial charge in [-0.1, -0.05) is 39.0 Å². The van der Waals surface area contributed by atoms with Gasteiger partial charge in [-0.2, -0.15) is 0 Å². The zero-order chi connectivity index (χ0) is 19.4. The third-order valence-corrected chi connectivity index (χ3v) is 5.17. The van der Waals surface area contributed by atoms with Crippen LogP contribution in [-0.4, -0.2) is 58.4 Å². The van der Waals surface area contributed by atoms with Gasteiger partial charge in [0.05, 0.1) is 5.56 Å². The largest absolute Gasteiger partial charge is 0.336 e. The van der Waals surface area contributed by atoms with Crippen LogP contribution in [0.4, 0.5) is 11.6 Å². The second-order valence-electron chi connectivity index (χ2n) is 7.34. The number of para-hydroxylation sites is 1. The summed E-state index contributed by atoms with van der Waals surface area (Å²) in [6.07, 6.45) is 3.24. The Balaban J connectivity index is 1.70. The Labute approximate surface area is 161 Å². The molecule has 144 valence electrons. The Morgan fingerprint density at radius 1 is 1.15 bits per heavy atom. The molecule has 3 rings (SSSR count). The fourth-order valence-corrected chi connectivity index (χ4v) is 3.41. The maximum Gasteiger partial charge on any atom is 0.257 e. The quantitative estimate of drug-likeness (QED) is 0.877. The minimum Gasteiger partial charge on any atom is -0.336 e. The van der Waals surface area contributed by atoms with E-state index in [0.29, 0.717) is 17.4 Å². The topological polar surface area (TPSA) is 61.4 Å². The fraction of sp³-hybridized carbons (Fsp3) is 0.476. The molecule has 0 radical (unpaired) electrons. The molecule has 2 aromatic rings. The van der Waals surface area contributed by atoms with Gasteiger partial charge < -0.3 is 15.1 Å². The van der Waals surface area contributed by atoms with Crippen LogP contribution >= 0.6 is 0 Å². The monoisotopic (exact) mass is 367 g/mol. The number of hydrogen-bond acceptors (Lipinski definition) is 5. The van der Waals surface area contributed by atoms with Crippen molar-refractivity contribution in [2.75, 3.05) is 38.0 Å². The third-order valence-electron chi connectivity index (χ3n) is 5.17. The summed E-state index contributed by atoms with van der Waals surface area (Å²) < 4.78 is 0. The molecule has 0 atom stereocenters. The Kier molecular flexibility index (Phi) is 6.06. The molecule has 6 nitrogen and oxygen atoms in total. The van der Waals surface area contributed by atoms with Crippen molar-refractivity contribution in [2.24, 2.45) is 0 Å². The van der Waals surface area contributed by atoms with Crippen molar-refractivity contribution in [1.82, 2.24) is 19.8 Å². The van der Waals surface area contributed by atoms with Crippen molar-refractivity contribution in [3.05, 3.63) is 47.3 Å². The number of piperazine rings is 1. The van der Waals surface area contributed by atoms with Crippen LogP contribution in [0.25, 0.3) is 0 Å². The summed E-state index contributed by atoms with van der Waals surface area (Å²) >= 11 is 0. The average molecular weight is 367 g/mol. The minimum absolute atomic E-state index is 0.0102. The van der Waals surface area contributed by atoms with Crippen molar-refractivity contribution in [1.29, 1.82) is 0 Å². The van der Waals surface area contributed by atoms with E-state index in [1.54, 1.807) is 12.4 Å². The van der Waals surface area contributed by atoms with Gasteiger partial charge in [0.1, 0.15) is 0 Å². The van der Waals surface area contributed by atoms with Gasteiger partial charge in [-0.3, -0.25) is 4.79 Å². The lowest BCUT2D eigenvalue weighted by Crippen LogP contribution is -2.48. The van der Waals surface area contributed by atoms with Gasteiger partial charge in [-0.25, -0.2) is 9.97 Å². The Morgan fingerprint density at radius 3 is 2.41 bits per heavy atom. The minimum atomic E-state index is 0.0102. The Bertz CT molecular complexity index is 780. The number of rotatable bonds is 5. The first-order valence-electron chi connectivity index (χ1n) is 9.69. The highest BCUT2D eigenvalue weighted by Gasteiger charge is 2.22. The summed E-state index contributed by atoms with van der Waals surface area (Å²) in [6.45, 7) is 13.0. The molecule has 2 heterocycles. The van der Waals surface area contributed by atoms with Crippen LogP contribution in [0.1, 0.15) is 48.2 Å². The SMILES string of the molecule is CCN1CCN(C(=O)c2cnc(Nc3c(C)cccc3C(C)C)nc2)CC1. The van der Waals surface area contributed by atoms with E-state index in [4.69, 9.17) is 0 Å². The van der Waals surface area contributed by atoms with E-state index < -0.39 is 0 Å². The summed E-state index contributed by atoms with van der Waals surface area (Å²) in [4.78, 5) is 25.7. The van der Waals surface area contributed by atoms with E-state index in [-0.39, 0.29) is 5.91 Å². The number of aryl methyl sites for hydroxylation is 1. The third kappa shape index (κ3) is 4.45. The molecule has 0 bridgehead atoms. The maximum absolute atomic E-state index is 12.7. The van der Waals surface area contributed by atoms with Gasteiger partial charge in [0.2, 0.25) is 5.95 Å². The van der Waals surface area contributed by atoms with Crippen LogP contribution in [0.15, 0.2) is 30.6 Å². The zero-order valence-corrected chi connectivity index (χ0v) is 16.7. The van der Waals surface area contributed by atoms with Gasteiger partial charge in [0.25, 0.3) is 5.91 Å². The van der Waals surface area contributed by atoms with Crippen molar-refractivity contribution < 1.29 is 4.79 Å². The van der Waals surface area contributed by atoms with Crippen LogP contribution < -0.4 is 5.32 Å². The second-order valence-corrected chi connectivity index (χ2v) is 7.34. The molecule has 27 heavy (non-hydrogen) atoms. The number of carbonyl (C=O) groups is 1. The van der Waals surface area contributed by atoms with Crippen LogP contribution in [0.5, 0.6) is 0 Å². The molecule has 1 saturated heterocycles. The van der Waals surface area contributed by atoms with Gasteiger partial charge in [0.15, 0.2) is 0 Å². The Hall–Kier alpha value is -2.47. The number of nitrogens with one attached hydrogen (secondary N) is 1. The van der Waals surface area contributed by atoms with E-state index >= 15 is 0 Å². The summed E-state index contributed by atoms with van der Waals surface area (Å²) in [5.41, 5.74) is 3.97. The van der Waals surface area contributed by atoms with Crippen molar-refractivity contribution >= 4 is 17.5 Å². The first-order chi connectivity index (χ1) is 13.0. The lowest BCUT2D eigenvalue weighted by Gasteiger charge is -2.33. The molecule has 1 aliphatic heterocycles. The van der Waals surface area contributed by atoms with E-state index in [9.17, 15) is 4.79 Å². The molecule has 1 fully saturated rings. The molecule has 1 amide bonds. The van der Waals surface area contributed by atoms with Crippen LogP contribution in [0, 0.1) is 6.92 Å². The first kappa shape index (κ1) is 19.3. The first-order valence-corrected chi connectivity index (χ1v) is 9.69. The van der Waals surface area contributed by atoms with Crippen LogP contribution in [0.2, 0.25) is 0 Å². The molecule has 1 aromatic heterocycles. The van der Waals surface area contributed by atoms with E-state index in [1.807, 2.05) is 4.90 Å². The predicted octanol–water partition coefficient (Wildman–Crippen LogP) is 3.43. The van der Waals surface area contributed by atoms with Crippen LogP contribution in [-0.2, 0) is 0 Å².